The topological polar surface area (TPSA) is 51.0 Å². The standard InChI is InChI=1S/C16H16ClNO3/c1-11(18-19)14-8-7-13(20-2)9-16(14)21-10-12-5-3-4-6-15(12)17/h3-9,19H,10H2,1-2H3/b18-11+. The smallest absolute Gasteiger partial charge is 0.132 e. The molecule has 0 aliphatic heterocycles. The van der Waals surface area contributed by atoms with Crippen molar-refractivity contribution in [2.24, 2.45) is 5.16 Å². The van der Waals surface area contributed by atoms with Crippen molar-refractivity contribution in [2.45, 2.75) is 13.5 Å². The van der Waals surface area contributed by atoms with E-state index in [9.17, 15) is 0 Å². The van der Waals surface area contributed by atoms with Gasteiger partial charge in [-0.25, -0.2) is 0 Å². The third-order valence-corrected chi connectivity index (χ3v) is 3.44. The number of halogens is 1. The van der Waals surface area contributed by atoms with Gasteiger partial charge in [-0.2, -0.15) is 0 Å². The van der Waals surface area contributed by atoms with Gasteiger partial charge < -0.3 is 14.7 Å². The Morgan fingerprint density at radius 2 is 2.00 bits per heavy atom. The highest BCUT2D eigenvalue weighted by Crippen LogP contribution is 2.27. The lowest BCUT2D eigenvalue weighted by atomic mass is 10.1. The van der Waals surface area contributed by atoms with Crippen LogP contribution in [-0.4, -0.2) is 18.0 Å². The van der Waals surface area contributed by atoms with Crippen molar-refractivity contribution in [3.63, 3.8) is 0 Å². The van der Waals surface area contributed by atoms with Crippen molar-refractivity contribution >= 4 is 17.3 Å². The van der Waals surface area contributed by atoms with Crippen molar-refractivity contribution in [3.8, 4) is 11.5 Å². The third kappa shape index (κ3) is 3.67. The molecule has 0 atom stereocenters. The van der Waals surface area contributed by atoms with Crippen LogP contribution < -0.4 is 9.47 Å². The Bertz CT molecular complexity index is 656. The molecule has 21 heavy (non-hydrogen) atoms. The molecule has 110 valence electrons. The molecule has 2 rings (SSSR count). The van der Waals surface area contributed by atoms with Crippen molar-refractivity contribution in [2.75, 3.05) is 7.11 Å². The number of hydrogen-bond acceptors (Lipinski definition) is 4. The number of hydrogen-bond donors (Lipinski definition) is 1. The summed E-state index contributed by atoms with van der Waals surface area (Å²) in [5.74, 6) is 1.24. The quantitative estimate of drug-likeness (QED) is 0.513. The average molecular weight is 306 g/mol. The summed E-state index contributed by atoms with van der Waals surface area (Å²) in [6.07, 6.45) is 0. The third-order valence-electron chi connectivity index (χ3n) is 3.07. The van der Waals surface area contributed by atoms with E-state index in [1.807, 2.05) is 24.3 Å². The molecule has 0 aliphatic carbocycles. The lowest BCUT2D eigenvalue weighted by molar-refractivity contribution is 0.301. The molecule has 5 heteroatoms. The van der Waals surface area contributed by atoms with Gasteiger partial charge in [0, 0.05) is 22.2 Å². The molecule has 1 N–H and O–H groups in total. The van der Waals surface area contributed by atoms with Gasteiger partial charge >= 0.3 is 0 Å². The summed E-state index contributed by atoms with van der Waals surface area (Å²) in [5, 5.41) is 12.8. The van der Waals surface area contributed by atoms with Gasteiger partial charge in [0.1, 0.15) is 18.1 Å². The summed E-state index contributed by atoms with van der Waals surface area (Å²) in [6, 6.07) is 12.8. The summed E-state index contributed by atoms with van der Waals surface area (Å²) in [5.41, 5.74) is 2.05. The second-order valence-electron chi connectivity index (χ2n) is 4.43. The second-order valence-corrected chi connectivity index (χ2v) is 4.83. The van der Waals surface area contributed by atoms with Gasteiger partial charge in [-0.05, 0) is 25.1 Å². The van der Waals surface area contributed by atoms with Gasteiger partial charge in [-0.15, -0.1) is 0 Å². The van der Waals surface area contributed by atoms with E-state index in [1.165, 1.54) is 0 Å². The average Bonchev–Trinajstić information content (AvgIpc) is 2.53. The SMILES string of the molecule is COc1ccc(/C(C)=N/O)c(OCc2ccccc2Cl)c1. The fraction of sp³-hybridized carbons (Fsp3) is 0.188. The predicted molar refractivity (Wildman–Crippen MR) is 82.8 cm³/mol. The zero-order chi connectivity index (χ0) is 15.2. The van der Waals surface area contributed by atoms with Gasteiger partial charge in [-0.1, -0.05) is 35.0 Å². The lowest BCUT2D eigenvalue weighted by Crippen LogP contribution is -2.03. The van der Waals surface area contributed by atoms with Gasteiger partial charge in [0.15, 0.2) is 0 Å². The monoisotopic (exact) mass is 305 g/mol. The Kier molecular flexibility index (Phi) is 5.06. The summed E-state index contributed by atoms with van der Waals surface area (Å²) in [7, 11) is 1.58. The second kappa shape index (κ2) is 6.99. The van der Waals surface area contributed by atoms with Crippen LogP contribution >= 0.6 is 11.6 Å². The zero-order valence-electron chi connectivity index (χ0n) is 11.8. The van der Waals surface area contributed by atoms with E-state index in [2.05, 4.69) is 5.16 Å². The molecular formula is C16H16ClNO3. The van der Waals surface area contributed by atoms with E-state index in [-0.39, 0.29) is 0 Å². The van der Waals surface area contributed by atoms with Crippen molar-refractivity contribution in [3.05, 3.63) is 58.6 Å². The fourth-order valence-electron chi connectivity index (χ4n) is 1.87. The molecule has 2 aromatic carbocycles. The molecule has 0 saturated carbocycles. The Balaban J connectivity index is 2.27. The summed E-state index contributed by atoms with van der Waals surface area (Å²) < 4.78 is 11.0. The molecule has 0 unspecified atom stereocenters. The van der Waals surface area contributed by atoms with Gasteiger partial charge in [-0.3, -0.25) is 0 Å². The molecule has 0 aromatic heterocycles. The lowest BCUT2D eigenvalue weighted by Gasteiger charge is -2.13. The highest BCUT2D eigenvalue weighted by Gasteiger charge is 2.10. The molecule has 0 fully saturated rings. The Morgan fingerprint density at radius 1 is 1.24 bits per heavy atom. The maximum absolute atomic E-state index is 8.95. The van der Waals surface area contributed by atoms with E-state index in [0.717, 1.165) is 5.56 Å². The van der Waals surface area contributed by atoms with Crippen molar-refractivity contribution in [1.82, 2.24) is 0 Å². The van der Waals surface area contributed by atoms with E-state index >= 15 is 0 Å². The highest BCUT2D eigenvalue weighted by atomic mass is 35.5. The minimum atomic E-state index is 0.318. The highest BCUT2D eigenvalue weighted by molar-refractivity contribution is 6.31. The maximum Gasteiger partial charge on any atom is 0.132 e. The summed E-state index contributed by atoms with van der Waals surface area (Å²) >= 11 is 6.11. The van der Waals surface area contributed by atoms with E-state index in [1.54, 1.807) is 32.2 Å². The minimum absolute atomic E-state index is 0.318. The number of ether oxygens (including phenoxy) is 2. The zero-order valence-corrected chi connectivity index (χ0v) is 12.6. The molecule has 0 radical (unpaired) electrons. The van der Waals surface area contributed by atoms with Crippen LogP contribution in [0, 0.1) is 0 Å². The Labute approximate surface area is 128 Å². The normalized spacial score (nSPS) is 11.3. The molecule has 0 amide bonds. The summed E-state index contributed by atoms with van der Waals surface area (Å²) in [6.45, 7) is 2.02. The largest absolute Gasteiger partial charge is 0.497 e. The van der Waals surface area contributed by atoms with Crippen LogP contribution in [0.4, 0.5) is 0 Å². The number of methoxy groups -OCH3 is 1. The number of rotatable bonds is 5. The van der Waals surface area contributed by atoms with E-state index in [0.29, 0.717) is 34.4 Å². The predicted octanol–water partition coefficient (Wildman–Crippen LogP) is 4.13. The van der Waals surface area contributed by atoms with Crippen LogP contribution in [0.25, 0.3) is 0 Å². The molecule has 2 aromatic rings. The Morgan fingerprint density at radius 3 is 2.67 bits per heavy atom. The van der Waals surface area contributed by atoms with Gasteiger partial charge in [0.2, 0.25) is 0 Å². The number of benzene rings is 2. The molecule has 0 spiro atoms. The van der Waals surface area contributed by atoms with Crippen LogP contribution in [0.15, 0.2) is 47.6 Å². The first-order valence-electron chi connectivity index (χ1n) is 6.39. The Hall–Kier alpha value is -2.20. The first kappa shape index (κ1) is 15.2. The maximum atomic E-state index is 8.95. The molecule has 4 nitrogen and oxygen atoms in total. The van der Waals surface area contributed by atoms with Gasteiger partial charge in [0.05, 0.1) is 12.8 Å². The molecule has 0 saturated heterocycles. The van der Waals surface area contributed by atoms with Crippen LogP contribution in [0.3, 0.4) is 0 Å². The van der Waals surface area contributed by atoms with Crippen LogP contribution in [-0.2, 0) is 6.61 Å². The summed E-state index contributed by atoms with van der Waals surface area (Å²) in [4.78, 5) is 0. The van der Waals surface area contributed by atoms with Crippen LogP contribution in [0.2, 0.25) is 5.02 Å². The van der Waals surface area contributed by atoms with Crippen LogP contribution in [0.5, 0.6) is 11.5 Å². The molecule has 0 aliphatic rings. The van der Waals surface area contributed by atoms with Crippen LogP contribution in [0.1, 0.15) is 18.1 Å². The van der Waals surface area contributed by atoms with E-state index in [4.69, 9.17) is 26.3 Å². The van der Waals surface area contributed by atoms with Crippen molar-refractivity contribution in [1.29, 1.82) is 0 Å². The molecular weight excluding hydrogens is 290 g/mol. The van der Waals surface area contributed by atoms with Crippen molar-refractivity contribution < 1.29 is 14.7 Å². The van der Waals surface area contributed by atoms with E-state index < -0.39 is 0 Å². The minimum Gasteiger partial charge on any atom is -0.497 e. The molecule has 0 heterocycles. The first-order chi connectivity index (χ1) is 10.2. The first-order valence-corrected chi connectivity index (χ1v) is 6.76. The number of nitrogens with zero attached hydrogens (tertiary/aromatic N) is 1. The fourth-order valence-corrected chi connectivity index (χ4v) is 2.06. The number of oxime groups is 1. The molecule has 0 bridgehead atoms. The van der Waals surface area contributed by atoms with Gasteiger partial charge in [0.25, 0.3) is 0 Å².